The van der Waals surface area contributed by atoms with Gasteiger partial charge in [-0.1, -0.05) is 30.3 Å². The van der Waals surface area contributed by atoms with Crippen molar-refractivity contribution in [2.45, 2.75) is 13.5 Å². The number of thiazole rings is 1. The van der Waals surface area contributed by atoms with Crippen molar-refractivity contribution in [3.63, 3.8) is 0 Å². The van der Waals surface area contributed by atoms with Gasteiger partial charge in [-0.2, -0.15) is 0 Å². The predicted molar refractivity (Wildman–Crippen MR) is 102 cm³/mol. The maximum Gasteiger partial charge on any atom is 0.293 e. The first-order valence-corrected chi connectivity index (χ1v) is 8.84. The van der Waals surface area contributed by atoms with E-state index in [0.717, 1.165) is 10.7 Å². The minimum Gasteiger partial charge on any atom is -0.363 e. The SMILES string of the molecule is Cc1nc(CN(C)c2ccc(C(=O)c3ccccc3)cc2[N+](=O)[O-])cs1. The number of hydrogen-bond donors (Lipinski definition) is 0. The van der Waals surface area contributed by atoms with Crippen LogP contribution in [0, 0.1) is 17.0 Å². The molecule has 0 aliphatic rings. The van der Waals surface area contributed by atoms with Crippen molar-refractivity contribution in [1.29, 1.82) is 0 Å². The number of nitro benzene ring substituents is 1. The van der Waals surface area contributed by atoms with Crippen LogP contribution in [-0.2, 0) is 6.54 Å². The van der Waals surface area contributed by atoms with Crippen molar-refractivity contribution in [1.82, 2.24) is 4.98 Å². The van der Waals surface area contributed by atoms with Crippen LogP contribution in [0.15, 0.2) is 53.9 Å². The van der Waals surface area contributed by atoms with Crippen molar-refractivity contribution in [2.24, 2.45) is 0 Å². The smallest absolute Gasteiger partial charge is 0.293 e. The number of nitro groups is 1. The summed E-state index contributed by atoms with van der Waals surface area (Å²) in [4.78, 5) is 29.8. The number of rotatable bonds is 6. The van der Waals surface area contributed by atoms with Gasteiger partial charge in [-0.05, 0) is 19.1 Å². The largest absolute Gasteiger partial charge is 0.363 e. The van der Waals surface area contributed by atoms with E-state index < -0.39 is 4.92 Å². The molecule has 0 aliphatic heterocycles. The standard InChI is InChI=1S/C19H17N3O3S/c1-13-20-16(12-26-13)11-21(2)17-9-8-15(10-18(17)22(24)25)19(23)14-6-4-3-5-7-14/h3-10,12H,11H2,1-2H3. The summed E-state index contributed by atoms with van der Waals surface area (Å²) < 4.78 is 0. The highest BCUT2D eigenvalue weighted by Gasteiger charge is 2.21. The van der Waals surface area contributed by atoms with Crippen molar-refractivity contribution in [3.05, 3.63) is 85.9 Å². The van der Waals surface area contributed by atoms with Crippen LogP contribution < -0.4 is 4.90 Å². The third kappa shape index (κ3) is 3.78. The summed E-state index contributed by atoms with van der Waals surface area (Å²) in [6.07, 6.45) is 0. The predicted octanol–water partition coefficient (Wildman–Crippen LogP) is 4.23. The van der Waals surface area contributed by atoms with Crippen LogP contribution in [0.3, 0.4) is 0 Å². The van der Waals surface area contributed by atoms with Crippen LogP contribution in [0.5, 0.6) is 0 Å². The average molecular weight is 367 g/mol. The Labute approximate surface area is 154 Å². The zero-order chi connectivity index (χ0) is 18.7. The number of anilines is 1. The summed E-state index contributed by atoms with van der Waals surface area (Å²) in [6, 6.07) is 13.3. The topological polar surface area (TPSA) is 76.3 Å². The molecule has 0 radical (unpaired) electrons. The molecular weight excluding hydrogens is 350 g/mol. The summed E-state index contributed by atoms with van der Waals surface area (Å²) >= 11 is 1.54. The van der Waals surface area contributed by atoms with Crippen LogP contribution in [0.4, 0.5) is 11.4 Å². The number of hydrogen-bond acceptors (Lipinski definition) is 6. The van der Waals surface area contributed by atoms with E-state index in [-0.39, 0.29) is 11.5 Å². The van der Waals surface area contributed by atoms with Gasteiger partial charge in [-0.25, -0.2) is 4.98 Å². The van der Waals surface area contributed by atoms with Gasteiger partial charge in [-0.3, -0.25) is 14.9 Å². The molecule has 0 saturated carbocycles. The monoisotopic (exact) mass is 367 g/mol. The first-order chi connectivity index (χ1) is 12.5. The lowest BCUT2D eigenvalue weighted by molar-refractivity contribution is -0.384. The minimum atomic E-state index is -0.458. The summed E-state index contributed by atoms with van der Waals surface area (Å²) in [5.74, 6) is -0.238. The number of benzene rings is 2. The third-order valence-electron chi connectivity index (χ3n) is 3.95. The van der Waals surface area contributed by atoms with Crippen LogP contribution in [0.1, 0.15) is 26.6 Å². The van der Waals surface area contributed by atoms with E-state index in [2.05, 4.69) is 4.98 Å². The molecule has 0 N–H and O–H groups in total. The molecule has 3 rings (SSSR count). The molecule has 0 unspecified atom stereocenters. The molecule has 7 heteroatoms. The molecule has 0 bridgehead atoms. The fraction of sp³-hybridized carbons (Fsp3) is 0.158. The Kier molecular flexibility index (Phi) is 5.09. The third-order valence-corrected chi connectivity index (χ3v) is 4.77. The molecule has 26 heavy (non-hydrogen) atoms. The quantitative estimate of drug-likeness (QED) is 0.370. The van der Waals surface area contributed by atoms with E-state index in [0.29, 0.717) is 23.4 Å². The Morgan fingerprint density at radius 1 is 1.19 bits per heavy atom. The summed E-state index contributed by atoms with van der Waals surface area (Å²) in [7, 11) is 1.77. The van der Waals surface area contributed by atoms with Gasteiger partial charge in [0.15, 0.2) is 5.78 Å². The fourth-order valence-electron chi connectivity index (χ4n) is 2.70. The van der Waals surface area contributed by atoms with E-state index in [9.17, 15) is 14.9 Å². The highest BCUT2D eigenvalue weighted by Crippen LogP contribution is 2.30. The Bertz CT molecular complexity index is 954. The van der Waals surface area contributed by atoms with E-state index in [1.54, 1.807) is 48.3 Å². The zero-order valence-corrected chi connectivity index (χ0v) is 15.2. The normalized spacial score (nSPS) is 10.5. The second-order valence-corrected chi connectivity index (χ2v) is 6.93. The van der Waals surface area contributed by atoms with E-state index in [4.69, 9.17) is 0 Å². The van der Waals surface area contributed by atoms with Gasteiger partial charge >= 0.3 is 0 Å². The Hall–Kier alpha value is -3.06. The summed E-state index contributed by atoms with van der Waals surface area (Å²) in [5, 5.41) is 14.4. The van der Waals surface area contributed by atoms with Crippen LogP contribution in [0.2, 0.25) is 0 Å². The van der Waals surface area contributed by atoms with Gasteiger partial charge < -0.3 is 4.90 Å². The molecule has 0 spiro atoms. The number of nitrogens with zero attached hydrogens (tertiary/aromatic N) is 3. The molecule has 0 aliphatic carbocycles. The Morgan fingerprint density at radius 3 is 2.54 bits per heavy atom. The van der Waals surface area contributed by atoms with Gasteiger partial charge in [0.2, 0.25) is 0 Å². The van der Waals surface area contributed by atoms with Crippen molar-refractivity contribution in [2.75, 3.05) is 11.9 Å². The minimum absolute atomic E-state index is 0.0961. The lowest BCUT2D eigenvalue weighted by atomic mass is 10.0. The van der Waals surface area contributed by atoms with Crippen LogP contribution in [-0.4, -0.2) is 22.7 Å². The van der Waals surface area contributed by atoms with Gasteiger partial charge in [0.05, 0.1) is 22.2 Å². The fourth-order valence-corrected chi connectivity index (χ4v) is 3.30. The van der Waals surface area contributed by atoms with Gasteiger partial charge in [-0.15, -0.1) is 11.3 Å². The Balaban J connectivity index is 1.92. The Morgan fingerprint density at radius 2 is 1.92 bits per heavy atom. The molecule has 0 fully saturated rings. The molecular formula is C19H17N3O3S. The molecule has 1 heterocycles. The molecule has 3 aromatic rings. The molecule has 0 atom stereocenters. The van der Waals surface area contributed by atoms with Gasteiger partial charge in [0.25, 0.3) is 5.69 Å². The van der Waals surface area contributed by atoms with E-state index >= 15 is 0 Å². The second-order valence-electron chi connectivity index (χ2n) is 5.87. The number of aromatic nitrogens is 1. The first-order valence-electron chi connectivity index (χ1n) is 7.96. The van der Waals surface area contributed by atoms with E-state index in [1.807, 2.05) is 18.4 Å². The lowest BCUT2D eigenvalue weighted by Gasteiger charge is -2.18. The van der Waals surface area contributed by atoms with Crippen molar-refractivity contribution < 1.29 is 9.72 Å². The maximum atomic E-state index is 12.6. The van der Waals surface area contributed by atoms with Crippen LogP contribution in [0.25, 0.3) is 0 Å². The number of ketones is 1. The van der Waals surface area contributed by atoms with E-state index in [1.165, 1.54) is 17.4 Å². The highest BCUT2D eigenvalue weighted by atomic mass is 32.1. The average Bonchev–Trinajstić information content (AvgIpc) is 3.06. The van der Waals surface area contributed by atoms with Gasteiger partial charge in [0, 0.05) is 29.6 Å². The molecule has 0 saturated heterocycles. The first kappa shape index (κ1) is 17.8. The number of carbonyl (C=O) groups excluding carboxylic acids is 1. The summed E-state index contributed by atoms with van der Waals surface area (Å²) in [6.45, 7) is 2.37. The molecule has 0 amide bonds. The summed E-state index contributed by atoms with van der Waals surface area (Å²) in [5.41, 5.74) is 2.01. The number of carbonyl (C=O) groups is 1. The van der Waals surface area contributed by atoms with Crippen molar-refractivity contribution >= 4 is 28.5 Å². The highest BCUT2D eigenvalue weighted by molar-refractivity contribution is 7.09. The van der Waals surface area contributed by atoms with Crippen LogP contribution >= 0.6 is 11.3 Å². The lowest BCUT2D eigenvalue weighted by Crippen LogP contribution is -2.18. The molecule has 132 valence electrons. The van der Waals surface area contributed by atoms with Gasteiger partial charge in [0.1, 0.15) is 5.69 Å². The van der Waals surface area contributed by atoms with Crippen molar-refractivity contribution in [3.8, 4) is 0 Å². The molecule has 2 aromatic carbocycles. The number of aryl methyl sites for hydroxylation is 1. The maximum absolute atomic E-state index is 12.6. The second kappa shape index (κ2) is 7.45. The zero-order valence-electron chi connectivity index (χ0n) is 14.4. The molecule has 1 aromatic heterocycles. The molecule has 6 nitrogen and oxygen atoms in total.